The van der Waals surface area contributed by atoms with Gasteiger partial charge in [-0.15, -0.1) is 13.2 Å². The maximum Gasteiger partial charge on any atom is 0.318 e. The summed E-state index contributed by atoms with van der Waals surface area (Å²) in [4.78, 5) is 21.6. The van der Waals surface area contributed by atoms with E-state index in [4.69, 9.17) is 5.73 Å². The van der Waals surface area contributed by atoms with Gasteiger partial charge in [0, 0.05) is 0 Å². The highest BCUT2D eigenvalue weighted by molar-refractivity contribution is 9.10. The molecule has 0 bridgehead atoms. The van der Waals surface area contributed by atoms with Gasteiger partial charge in [-0.25, -0.2) is 4.79 Å². The zero-order valence-corrected chi connectivity index (χ0v) is 10.2. The van der Waals surface area contributed by atoms with Gasteiger partial charge in [-0.05, 0) is 12.8 Å². The molecule has 0 unspecified atom stereocenters. The molecule has 0 atom stereocenters. The molecule has 0 saturated carbocycles. The number of alkyl halides is 1. The first-order chi connectivity index (χ1) is 6.46. The molecular formula is C9H17BrN2O2. The van der Waals surface area contributed by atoms with Crippen LogP contribution in [0.4, 0.5) is 4.79 Å². The minimum atomic E-state index is -0.814. The van der Waals surface area contributed by atoms with Crippen molar-refractivity contribution in [2.24, 2.45) is 5.73 Å². The standard InChI is InChI=1S/C7H13BrN2O2.C2H4/c1-3-7(8,4-2)5(11)10-6(9)12;1-2/h3-4H2,1-2H3,(H3,9,10,11,12);1-2H2. The van der Waals surface area contributed by atoms with Crippen LogP contribution in [-0.4, -0.2) is 16.3 Å². The number of imide groups is 1. The first kappa shape index (κ1) is 15.6. The van der Waals surface area contributed by atoms with Crippen LogP contribution in [0.2, 0.25) is 0 Å². The van der Waals surface area contributed by atoms with Crippen LogP contribution in [0.5, 0.6) is 0 Å². The van der Waals surface area contributed by atoms with E-state index in [1.54, 1.807) is 0 Å². The molecule has 0 radical (unpaired) electrons. The zero-order chi connectivity index (χ0) is 11.8. The van der Waals surface area contributed by atoms with Crippen molar-refractivity contribution >= 4 is 27.9 Å². The van der Waals surface area contributed by atoms with Gasteiger partial charge in [-0.1, -0.05) is 29.8 Å². The number of halogens is 1. The molecule has 82 valence electrons. The Morgan fingerprint density at radius 1 is 1.36 bits per heavy atom. The number of carbonyl (C=O) groups excluding carboxylic acids is 2. The Labute approximate surface area is 93.1 Å². The van der Waals surface area contributed by atoms with Crippen molar-refractivity contribution in [2.75, 3.05) is 0 Å². The fourth-order valence-electron chi connectivity index (χ4n) is 0.795. The largest absolute Gasteiger partial charge is 0.351 e. The summed E-state index contributed by atoms with van der Waals surface area (Å²) < 4.78 is -0.665. The van der Waals surface area contributed by atoms with Gasteiger partial charge in [0.2, 0.25) is 5.91 Å². The summed E-state index contributed by atoms with van der Waals surface area (Å²) >= 11 is 3.26. The smallest absolute Gasteiger partial charge is 0.318 e. The number of primary amides is 1. The molecule has 0 aliphatic carbocycles. The second-order valence-electron chi connectivity index (χ2n) is 2.49. The lowest BCUT2D eigenvalue weighted by Gasteiger charge is -2.21. The minimum absolute atomic E-state index is 0.375. The molecule has 0 aromatic carbocycles. The van der Waals surface area contributed by atoms with Crippen LogP contribution in [0.25, 0.3) is 0 Å². The van der Waals surface area contributed by atoms with E-state index in [1.807, 2.05) is 19.2 Å². The molecule has 3 N–H and O–H groups in total. The van der Waals surface area contributed by atoms with Crippen LogP contribution in [0.1, 0.15) is 26.7 Å². The van der Waals surface area contributed by atoms with Crippen molar-refractivity contribution in [3.05, 3.63) is 13.2 Å². The zero-order valence-electron chi connectivity index (χ0n) is 8.60. The Bertz CT molecular complexity index is 203. The first-order valence-electron chi connectivity index (χ1n) is 4.26. The van der Waals surface area contributed by atoms with Crippen molar-refractivity contribution in [1.29, 1.82) is 0 Å². The molecule has 0 aliphatic rings. The molecule has 0 spiro atoms. The van der Waals surface area contributed by atoms with E-state index < -0.39 is 10.4 Å². The predicted octanol–water partition coefficient (Wildman–Crippen LogP) is 1.94. The number of amides is 3. The molecule has 0 saturated heterocycles. The summed E-state index contributed by atoms with van der Waals surface area (Å²) in [6.45, 7) is 9.72. The van der Waals surface area contributed by atoms with Crippen LogP contribution in [0.3, 0.4) is 0 Å². The van der Waals surface area contributed by atoms with Crippen molar-refractivity contribution in [1.82, 2.24) is 5.32 Å². The number of nitrogens with two attached hydrogens (primary N) is 1. The Hall–Kier alpha value is -0.840. The van der Waals surface area contributed by atoms with Crippen molar-refractivity contribution in [3.63, 3.8) is 0 Å². The second-order valence-corrected chi connectivity index (χ2v) is 4.01. The van der Waals surface area contributed by atoms with Crippen molar-refractivity contribution in [3.8, 4) is 0 Å². The Kier molecular flexibility index (Phi) is 8.43. The van der Waals surface area contributed by atoms with Crippen LogP contribution in [-0.2, 0) is 4.79 Å². The monoisotopic (exact) mass is 264 g/mol. The van der Waals surface area contributed by atoms with E-state index in [0.717, 1.165) is 0 Å². The molecule has 0 aromatic heterocycles. The molecule has 5 heteroatoms. The van der Waals surface area contributed by atoms with E-state index in [0.29, 0.717) is 12.8 Å². The van der Waals surface area contributed by atoms with Crippen LogP contribution in [0, 0.1) is 0 Å². The number of nitrogens with one attached hydrogen (secondary N) is 1. The fraction of sp³-hybridized carbons (Fsp3) is 0.556. The van der Waals surface area contributed by atoms with Gasteiger partial charge in [-0.2, -0.15) is 0 Å². The number of urea groups is 1. The summed E-state index contributed by atoms with van der Waals surface area (Å²) in [5.41, 5.74) is 4.81. The quantitative estimate of drug-likeness (QED) is 0.604. The van der Waals surface area contributed by atoms with Crippen LogP contribution < -0.4 is 11.1 Å². The predicted molar refractivity (Wildman–Crippen MR) is 61.2 cm³/mol. The normalized spacial score (nSPS) is 9.64. The average molecular weight is 265 g/mol. The number of rotatable bonds is 3. The molecule has 0 fully saturated rings. The summed E-state index contributed by atoms with van der Waals surface area (Å²) in [5, 5.41) is 2.04. The lowest BCUT2D eigenvalue weighted by molar-refractivity contribution is -0.122. The third kappa shape index (κ3) is 5.01. The summed E-state index contributed by atoms with van der Waals surface area (Å²) in [5.74, 6) is -0.375. The highest BCUT2D eigenvalue weighted by Gasteiger charge is 2.32. The van der Waals surface area contributed by atoms with Gasteiger partial charge in [0.05, 0.1) is 0 Å². The summed E-state index contributed by atoms with van der Waals surface area (Å²) in [6, 6.07) is -0.814. The van der Waals surface area contributed by atoms with Gasteiger partial charge in [0.1, 0.15) is 4.32 Å². The van der Waals surface area contributed by atoms with Crippen molar-refractivity contribution in [2.45, 2.75) is 31.0 Å². The SMILES string of the molecule is C=C.CCC(Br)(CC)C(=O)NC(N)=O. The molecule has 3 amide bonds. The number of hydrogen-bond donors (Lipinski definition) is 2. The van der Waals surface area contributed by atoms with Gasteiger partial charge in [0.25, 0.3) is 0 Å². The lowest BCUT2D eigenvalue weighted by Crippen LogP contribution is -2.46. The molecule has 0 heterocycles. The minimum Gasteiger partial charge on any atom is -0.351 e. The first-order valence-corrected chi connectivity index (χ1v) is 5.05. The topological polar surface area (TPSA) is 72.2 Å². The van der Waals surface area contributed by atoms with Gasteiger partial charge < -0.3 is 5.73 Å². The van der Waals surface area contributed by atoms with Gasteiger partial charge in [-0.3, -0.25) is 10.1 Å². The lowest BCUT2D eigenvalue weighted by atomic mass is 10.0. The third-order valence-corrected chi connectivity index (χ3v) is 3.25. The molecule has 0 aromatic rings. The maximum absolute atomic E-state index is 11.3. The van der Waals surface area contributed by atoms with E-state index in [2.05, 4.69) is 29.1 Å². The number of carbonyl (C=O) groups is 2. The molecule has 0 rings (SSSR count). The molecular weight excluding hydrogens is 248 g/mol. The Morgan fingerprint density at radius 2 is 1.71 bits per heavy atom. The third-order valence-electron chi connectivity index (χ3n) is 1.76. The van der Waals surface area contributed by atoms with Gasteiger partial charge >= 0.3 is 6.03 Å². The van der Waals surface area contributed by atoms with Crippen LogP contribution >= 0.6 is 15.9 Å². The van der Waals surface area contributed by atoms with Crippen LogP contribution in [0.15, 0.2) is 13.2 Å². The molecule has 14 heavy (non-hydrogen) atoms. The van der Waals surface area contributed by atoms with Crippen molar-refractivity contribution < 1.29 is 9.59 Å². The Balaban J connectivity index is 0. The average Bonchev–Trinajstić information content (AvgIpc) is 2.18. The van der Waals surface area contributed by atoms with E-state index in [9.17, 15) is 9.59 Å². The fourth-order valence-corrected chi connectivity index (χ4v) is 0.894. The van der Waals surface area contributed by atoms with E-state index in [-0.39, 0.29) is 5.91 Å². The number of hydrogen-bond acceptors (Lipinski definition) is 2. The van der Waals surface area contributed by atoms with Gasteiger partial charge in [0.15, 0.2) is 0 Å². The van der Waals surface area contributed by atoms with E-state index in [1.165, 1.54) is 0 Å². The molecule has 4 nitrogen and oxygen atoms in total. The maximum atomic E-state index is 11.3. The highest BCUT2D eigenvalue weighted by atomic mass is 79.9. The Morgan fingerprint density at radius 3 is 1.93 bits per heavy atom. The summed E-state index contributed by atoms with van der Waals surface area (Å²) in [6.07, 6.45) is 1.23. The summed E-state index contributed by atoms with van der Waals surface area (Å²) in [7, 11) is 0. The second kappa shape index (κ2) is 7.55. The molecule has 0 aliphatic heterocycles. The van der Waals surface area contributed by atoms with E-state index >= 15 is 0 Å². The highest BCUT2D eigenvalue weighted by Crippen LogP contribution is 2.26.